The van der Waals surface area contributed by atoms with Gasteiger partial charge in [-0.1, -0.05) is 22.7 Å². The van der Waals surface area contributed by atoms with Crippen LogP contribution in [0.3, 0.4) is 0 Å². The predicted octanol–water partition coefficient (Wildman–Crippen LogP) is 3.39. The van der Waals surface area contributed by atoms with E-state index < -0.39 is 6.29 Å². The maximum absolute atomic E-state index is 11.7. The topological polar surface area (TPSA) is 60.8 Å². The Bertz CT molecular complexity index is 631. The van der Waals surface area contributed by atoms with Crippen molar-refractivity contribution in [2.24, 2.45) is 4.99 Å². The van der Waals surface area contributed by atoms with Crippen LogP contribution >= 0.6 is 22.7 Å². The molecule has 5 nitrogen and oxygen atoms in total. The summed E-state index contributed by atoms with van der Waals surface area (Å²) in [5, 5.41) is 0. The summed E-state index contributed by atoms with van der Waals surface area (Å²) in [4.78, 5) is 21.5. The number of aromatic nitrogens is 1. The fourth-order valence-corrected chi connectivity index (χ4v) is 3.62. The number of nitrogens with zero attached hydrogens (tertiary/aromatic N) is 2. The lowest BCUT2D eigenvalue weighted by molar-refractivity contribution is -0.138. The molecule has 0 atom stereocenters. The van der Waals surface area contributed by atoms with Crippen LogP contribution in [0.4, 0.5) is 5.69 Å². The Hall–Kier alpha value is -1.41. The molecule has 2 rings (SSSR count). The molecule has 2 aromatic heterocycles. The highest BCUT2D eigenvalue weighted by Gasteiger charge is 2.19. The first-order valence-electron chi connectivity index (χ1n) is 6.55. The van der Waals surface area contributed by atoms with Crippen molar-refractivity contribution in [3.05, 3.63) is 43.1 Å². The molecule has 0 aliphatic heterocycles. The lowest BCUT2D eigenvalue weighted by Crippen LogP contribution is -2.08. The Balaban J connectivity index is 2.27. The van der Waals surface area contributed by atoms with Crippen molar-refractivity contribution in [2.75, 3.05) is 13.2 Å². The first kappa shape index (κ1) is 16.0. The highest BCUT2D eigenvalue weighted by molar-refractivity contribution is 7.28. The van der Waals surface area contributed by atoms with E-state index in [0.717, 1.165) is 38.1 Å². The van der Waals surface area contributed by atoms with Crippen molar-refractivity contribution in [3.63, 3.8) is 0 Å². The monoisotopic (exact) mass is 324 g/mol. The molecule has 0 saturated carbocycles. The molecule has 7 heteroatoms. The van der Waals surface area contributed by atoms with Gasteiger partial charge in [-0.2, -0.15) is 0 Å². The van der Waals surface area contributed by atoms with E-state index >= 15 is 0 Å². The van der Waals surface area contributed by atoms with E-state index in [4.69, 9.17) is 9.47 Å². The number of aliphatic imine (C=N–C) groups is 1. The Labute approximate surface area is 130 Å². The summed E-state index contributed by atoms with van der Waals surface area (Å²) in [5.41, 5.74) is 0.783. The lowest BCUT2D eigenvalue weighted by atomic mass is 10.4. The zero-order valence-electron chi connectivity index (χ0n) is 11.8. The molecule has 112 valence electrons. The summed E-state index contributed by atoms with van der Waals surface area (Å²) < 4.78 is 11.1. The van der Waals surface area contributed by atoms with Crippen molar-refractivity contribution in [1.82, 2.24) is 4.98 Å². The van der Waals surface area contributed by atoms with Crippen molar-refractivity contribution >= 4 is 34.6 Å². The molecule has 0 amide bonds. The maximum atomic E-state index is 11.7. The molecule has 0 aliphatic rings. The van der Waals surface area contributed by atoms with Gasteiger partial charge in [0.05, 0.1) is 15.4 Å². The van der Waals surface area contributed by atoms with Gasteiger partial charge in [-0.15, -0.1) is 0 Å². The van der Waals surface area contributed by atoms with E-state index in [1.807, 2.05) is 13.8 Å². The first-order chi connectivity index (χ1) is 10.2. The first-order valence-corrected chi connectivity index (χ1v) is 8.19. The van der Waals surface area contributed by atoms with Gasteiger partial charge in [-0.25, -0.2) is 0 Å². The van der Waals surface area contributed by atoms with Crippen molar-refractivity contribution < 1.29 is 9.47 Å². The molecule has 0 aliphatic carbocycles. The van der Waals surface area contributed by atoms with Gasteiger partial charge in [0.1, 0.15) is 0 Å². The molecule has 0 radical (unpaired) electrons. The Kier molecular flexibility index (Phi) is 6.19. The zero-order valence-corrected chi connectivity index (χ0v) is 13.4. The normalized spacial score (nSPS) is 11.6. The molecule has 0 saturated heterocycles. The molecule has 21 heavy (non-hydrogen) atoms. The Morgan fingerprint density at radius 1 is 1.24 bits per heavy atom. The summed E-state index contributed by atoms with van der Waals surface area (Å²) in [6, 6.07) is 3.60. The lowest BCUT2D eigenvalue weighted by Gasteiger charge is -2.15. The Morgan fingerprint density at radius 2 is 1.90 bits per heavy atom. The number of rotatable bonds is 7. The van der Waals surface area contributed by atoms with E-state index in [-0.39, 0.29) is 4.06 Å². The highest BCUT2D eigenvalue weighted by atomic mass is 32.2. The summed E-state index contributed by atoms with van der Waals surface area (Å²) >= 11 is 2.30. The zero-order chi connectivity index (χ0) is 15.1. The van der Waals surface area contributed by atoms with Crippen LogP contribution in [0.15, 0.2) is 34.3 Å². The van der Waals surface area contributed by atoms with Crippen molar-refractivity contribution in [1.29, 1.82) is 0 Å². The number of hydrogen-bond donors (Lipinski definition) is 0. The van der Waals surface area contributed by atoms with Crippen molar-refractivity contribution in [2.45, 2.75) is 20.1 Å². The third kappa shape index (κ3) is 4.53. The van der Waals surface area contributed by atoms with E-state index in [1.54, 1.807) is 30.7 Å². The van der Waals surface area contributed by atoms with Gasteiger partial charge >= 0.3 is 0 Å². The van der Waals surface area contributed by atoms with Crippen LogP contribution in [-0.2, 0) is 9.47 Å². The third-order valence-corrected chi connectivity index (χ3v) is 4.61. The summed E-state index contributed by atoms with van der Waals surface area (Å²) in [5.74, 6) is 0. The quantitative estimate of drug-likeness (QED) is 0.578. The van der Waals surface area contributed by atoms with Crippen LogP contribution in [0.1, 0.15) is 29.9 Å². The SMILES string of the molecule is CCOC(OCC)c1sc(=O)sc1C=Nc1ccncc1. The fraction of sp³-hybridized carbons (Fsp3) is 0.357. The van der Waals surface area contributed by atoms with Gasteiger partial charge in [0, 0.05) is 31.8 Å². The minimum absolute atomic E-state index is 0.00517. The van der Waals surface area contributed by atoms with Crippen LogP contribution in [0.25, 0.3) is 0 Å². The minimum Gasteiger partial charge on any atom is -0.348 e. The molecule has 2 heterocycles. The predicted molar refractivity (Wildman–Crippen MR) is 86.0 cm³/mol. The average molecular weight is 324 g/mol. The number of pyridine rings is 1. The molecule has 0 aromatic carbocycles. The highest BCUT2D eigenvalue weighted by Crippen LogP contribution is 2.27. The fourth-order valence-electron chi connectivity index (χ4n) is 1.62. The van der Waals surface area contributed by atoms with Crippen LogP contribution in [0, 0.1) is 0 Å². The molecule has 0 bridgehead atoms. The second-order valence-electron chi connectivity index (χ2n) is 3.89. The van der Waals surface area contributed by atoms with Gasteiger partial charge in [-0.3, -0.25) is 14.8 Å². The maximum Gasteiger partial charge on any atom is 0.288 e. The molecule has 0 spiro atoms. The standard InChI is InChI=1S/C14H16N2O3S2/c1-3-18-13(19-4-2)12-11(20-14(17)21-12)9-16-10-5-7-15-8-6-10/h5-9,13H,3-4H2,1-2H3. The van der Waals surface area contributed by atoms with E-state index in [1.165, 1.54) is 0 Å². The average Bonchev–Trinajstić information content (AvgIpc) is 2.87. The second kappa shape index (κ2) is 8.14. The van der Waals surface area contributed by atoms with E-state index in [0.29, 0.717) is 13.2 Å². The van der Waals surface area contributed by atoms with Crippen molar-refractivity contribution in [3.8, 4) is 0 Å². The van der Waals surface area contributed by atoms with Crippen LogP contribution in [0.2, 0.25) is 0 Å². The van der Waals surface area contributed by atoms with Crippen LogP contribution in [-0.4, -0.2) is 24.4 Å². The number of ether oxygens (including phenoxy) is 2. The summed E-state index contributed by atoms with van der Waals surface area (Å²) in [6.07, 6.45) is 4.51. The number of hydrogen-bond acceptors (Lipinski definition) is 7. The molecule has 0 fully saturated rings. The molecular formula is C14H16N2O3S2. The molecule has 2 aromatic rings. The summed E-state index contributed by atoms with van der Waals surface area (Å²) in [7, 11) is 0. The van der Waals surface area contributed by atoms with Gasteiger partial charge in [0.15, 0.2) is 6.29 Å². The molecule has 0 N–H and O–H groups in total. The smallest absolute Gasteiger partial charge is 0.288 e. The largest absolute Gasteiger partial charge is 0.348 e. The van der Waals surface area contributed by atoms with Gasteiger partial charge in [0.25, 0.3) is 4.06 Å². The minimum atomic E-state index is -0.511. The molecular weight excluding hydrogens is 308 g/mol. The van der Waals surface area contributed by atoms with Gasteiger partial charge in [-0.05, 0) is 26.0 Å². The van der Waals surface area contributed by atoms with E-state index in [9.17, 15) is 4.79 Å². The van der Waals surface area contributed by atoms with Gasteiger partial charge < -0.3 is 9.47 Å². The van der Waals surface area contributed by atoms with Gasteiger partial charge in [0.2, 0.25) is 0 Å². The summed E-state index contributed by atoms with van der Waals surface area (Å²) in [6.45, 7) is 4.82. The Morgan fingerprint density at radius 3 is 2.52 bits per heavy atom. The molecule has 0 unspecified atom stereocenters. The third-order valence-electron chi connectivity index (χ3n) is 2.47. The van der Waals surface area contributed by atoms with E-state index in [2.05, 4.69) is 9.98 Å². The van der Waals surface area contributed by atoms with Crippen LogP contribution < -0.4 is 4.06 Å². The van der Waals surface area contributed by atoms with Crippen LogP contribution in [0.5, 0.6) is 0 Å². The second-order valence-corrected chi connectivity index (χ2v) is 6.18.